The van der Waals surface area contributed by atoms with E-state index in [1.807, 2.05) is 6.07 Å². The van der Waals surface area contributed by atoms with E-state index in [1.165, 1.54) is 12.1 Å². The van der Waals surface area contributed by atoms with E-state index in [2.05, 4.69) is 15.6 Å². The monoisotopic (exact) mass is 545 g/mol. The van der Waals surface area contributed by atoms with E-state index in [4.69, 9.17) is 5.73 Å². The number of aromatic nitrogens is 1. The molecule has 0 saturated carbocycles. The number of carbonyl (C=O) groups is 2. The number of hydrogen-bond acceptors (Lipinski definition) is 6. The van der Waals surface area contributed by atoms with Gasteiger partial charge >= 0.3 is 6.18 Å². The lowest BCUT2D eigenvalue weighted by Crippen LogP contribution is -2.28. The molecule has 0 aliphatic carbocycles. The molecule has 11 heteroatoms. The van der Waals surface area contributed by atoms with E-state index < -0.39 is 17.6 Å². The van der Waals surface area contributed by atoms with Crippen molar-refractivity contribution in [3.63, 3.8) is 0 Å². The second-order valence-electron chi connectivity index (χ2n) is 8.56. The van der Waals surface area contributed by atoms with E-state index in [0.717, 1.165) is 24.3 Å². The summed E-state index contributed by atoms with van der Waals surface area (Å²) < 4.78 is 38.9. The molecule has 0 unspecified atom stereocenters. The van der Waals surface area contributed by atoms with Gasteiger partial charge in [-0.1, -0.05) is 24.3 Å². The van der Waals surface area contributed by atoms with E-state index >= 15 is 0 Å². The SMILES string of the molecule is N#Cc1c(-c2cccc(C(=O)NCCN)c2)cc(-c2ccccc2O)nc1NC(=O)c1ccc(C(F)(F)F)cc1. The Morgan fingerprint density at radius 2 is 1.65 bits per heavy atom. The Bertz CT molecular complexity index is 1610. The lowest BCUT2D eigenvalue weighted by Gasteiger charge is -2.15. The summed E-state index contributed by atoms with van der Waals surface area (Å²) in [6.45, 7) is 0.514. The van der Waals surface area contributed by atoms with Crippen LogP contribution in [0.1, 0.15) is 31.8 Å². The van der Waals surface area contributed by atoms with Gasteiger partial charge in [-0.2, -0.15) is 18.4 Å². The van der Waals surface area contributed by atoms with Gasteiger partial charge in [-0.25, -0.2) is 4.98 Å². The number of rotatable bonds is 7. The second kappa shape index (κ2) is 11.7. The molecule has 8 nitrogen and oxygen atoms in total. The Morgan fingerprint density at radius 1 is 0.925 bits per heavy atom. The first-order chi connectivity index (χ1) is 19.1. The van der Waals surface area contributed by atoms with E-state index in [9.17, 15) is 33.1 Å². The van der Waals surface area contributed by atoms with Crippen LogP contribution in [-0.4, -0.2) is 35.0 Å². The van der Waals surface area contributed by atoms with E-state index in [0.29, 0.717) is 22.3 Å². The molecule has 0 aliphatic rings. The van der Waals surface area contributed by atoms with Crippen LogP contribution in [0.4, 0.5) is 19.0 Å². The van der Waals surface area contributed by atoms with E-state index in [1.54, 1.807) is 42.5 Å². The van der Waals surface area contributed by atoms with Crippen molar-refractivity contribution >= 4 is 17.6 Å². The number of pyridine rings is 1. The number of aromatic hydroxyl groups is 1. The smallest absolute Gasteiger partial charge is 0.416 e. The van der Waals surface area contributed by atoms with Gasteiger partial charge in [-0.3, -0.25) is 9.59 Å². The zero-order chi connectivity index (χ0) is 28.9. The predicted molar refractivity (Wildman–Crippen MR) is 142 cm³/mol. The number of benzene rings is 3. The third-order valence-corrected chi connectivity index (χ3v) is 5.88. The summed E-state index contributed by atoms with van der Waals surface area (Å²) in [4.78, 5) is 29.9. The maximum atomic E-state index is 13.0. The summed E-state index contributed by atoms with van der Waals surface area (Å²) in [5.41, 5.74) is 5.94. The Kier molecular flexibility index (Phi) is 8.12. The van der Waals surface area contributed by atoms with Crippen LogP contribution in [0.5, 0.6) is 5.75 Å². The summed E-state index contributed by atoms with van der Waals surface area (Å²) in [6.07, 6.45) is -4.57. The number of nitrogens with zero attached hydrogens (tertiary/aromatic N) is 2. The number of para-hydroxylation sites is 1. The summed E-state index contributed by atoms with van der Waals surface area (Å²) in [6, 6.07) is 19.9. The fourth-order valence-electron chi connectivity index (χ4n) is 3.91. The predicted octanol–water partition coefficient (Wildman–Crippen LogP) is 4.95. The lowest BCUT2D eigenvalue weighted by atomic mass is 9.96. The molecule has 0 aliphatic heterocycles. The van der Waals surface area contributed by atoms with Crippen molar-refractivity contribution in [3.8, 4) is 34.2 Å². The summed E-state index contributed by atoms with van der Waals surface area (Å²) in [5.74, 6) is -1.47. The normalized spacial score (nSPS) is 11.0. The molecule has 1 heterocycles. The van der Waals surface area contributed by atoms with Crippen molar-refractivity contribution in [1.29, 1.82) is 5.26 Å². The first kappa shape index (κ1) is 27.8. The van der Waals surface area contributed by atoms with Crippen LogP contribution in [0.2, 0.25) is 0 Å². The van der Waals surface area contributed by atoms with Crippen LogP contribution >= 0.6 is 0 Å². The van der Waals surface area contributed by atoms with Gasteiger partial charge in [-0.05, 0) is 60.2 Å². The molecule has 3 aromatic carbocycles. The number of phenols is 1. The maximum Gasteiger partial charge on any atom is 0.416 e. The highest BCUT2D eigenvalue weighted by Crippen LogP contribution is 2.36. The zero-order valence-corrected chi connectivity index (χ0v) is 20.8. The molecule has 40 heavy (non-hydrogen) atoms. The topological polar surface area (TPSA) is 141 Å². The van der Waals surface area contributed by atoms with Gasteiger partial charge in [0.05, 0.1) is 11.3 Å². The average Bonchev–Trinajstić information content (AvgIpc) is 2.95. The molecular formula is C29H22F3N5O3. The van der Waals surface area contributed by atoms with Crippen molar-refractivity contribution in [3.05, 3.63) is 101 Å². The Labute approximate surface area is 226 Å². The highest BCUT2D eigenvalue weighted by Gasteiger charge is 2.30. The van der Waals surface area contributed by atoms with Crippen LogP contribution in [0.15, 0.2) is 78.9 Å². The number of nitriles is 1. The van der Waals surface area contributed by atoms with Crippen molar-refractivity contribution in [2.24, 2.45) is 5.73 Å². The molecule has 1 aromatic heterocycles. The Hall–Kier alpha value is -5.21. The number of nitrogens with two attached hydrogens (primary N) is 1. The third-order valence-electron chi connectivity index (χ3n) is 5.88. The average molecular weight is 546 g/mol. The van der Waals surface area contributed by atoms with E-state index in [-0.39, 0.29) is 47.4 Å². The summed E-state index contributed by atoms with van der Waals surface area (Å²) >= 11 is 0. The molecule has 0 bridgehead atoms. The third kappa shape index (κ3) is 6.09. The Morgan fingerprint density at radius 3 is 2.30 bits per heavy atom. The van der Waals surface area contributed by atoms with Crippen LogP contribution in [0.3, 0.4) is 0 Å². The van der Waals surface area contributed by atoms with Crippen molar-refractivity contribution in [2.75, 3.05) is 18.4 Å². The molecule has 202 valence electrons. The van der Waals surface area contributed by atoms with Gasteiger partial charge in [-0.15, -0.1) is 0 Å². The van der Waals surface area contributed by atoms with Gasteiger partial charge in [0.2, 0.25) is 0 Å². The number of halogens is 3. The van der Waals surface area contributed by atoms with Crippen LogP contribution in [-0.2, 0) is 6.18 Å². The second-order valence-corrected chi connectivity index (χ2v) is 8.56. The summed E-state index contributed by atoms with van der Waals surface area (Å²) in [5, 5.41) is 25.7. The molecular weight excluding hydrogens is 523 g/mol. The number of nitrogens with one attached hydrogen (secondary N) is 2. The Balaban J connectivity index is 1.82. The molecule has 0 fully saturated rings. The molecule has 5 N–H and O–H groups in total. The molecule has 0 radical (unpaired) electrons. The minimum absolute atomic E-state index is 0.0565. The molecule has 0 saturated heterocycles. The quantitative estimate of drug-likeness (QED) is 0.259. The number of hydrogen-bond donors (Lipinski definition) is 4. The van der Waals surface area contributed by atoms with Gasteiger partial charge in [0.1, 0.15) is 17.4 Å². The van der Waals surface area contributed by atoms with Crippen LogP contribution in [0.25, 0.3) is 22.4 Å². The number of anilines is 1. The minimum Gasteiger partial charge on any atom is -0.507 e. The molecule has 4 rings (SSSR count). The van der Waals surface area contributed by atoms with Gasteiger partial charge in [0, 0.05) is 35.3 Å². The van der Waals surface area contributed by atoms with Crippen molar-refractivity contribution in [1.82, 2.24) is 10.3 Å². The largest absolute Gasteiger partial charge is 0.507 e. The fraction of sp³-hybridized carbons (Fsp3) is 0.103. The van der Waals surface area contributed by atoms with Crippen molar-refractivity contribution in [2.45, 2.75) is 6.18 Å². The number of amides is 2. The lowest BCUT2D eigenvalue weighted by molar-refractivity contribution is -0.137. The van der Waals surface area contributed by atoms with Crippen LogP contribution < -0.4 is 16.4 Å². The van der Waals surface area contributed by atoms with Gasteiger partial charge < -0.3 is 21.5 Å². The zero-order valence-electron chi connectivity index (χ0n) is 20.8. The number of phenolic OH excluding ortho intramolecular Hbond substituents is 1. The molecule has 0 atom stereocenters. The number of alkyl halides is 3. The minimum atomic E-state index is -4.57. The highest BCUT2D eigenvalue weighted by atomic mass is 19.4. The standard InChI is InChI=1S/C29H22F3N5O3/c30-29(31,32)20-10-8-17(9-11-20)28(40)37-26-23(16-34)22(15-24(36-26)21-6-1-2-7-25(21)38)18-4-3-5-19(14-18)27(39)35-13-12-33/h1-11,14-15,38H,12-13,33H2,(H,35,39)(H,36,37,40). The fourth-order valence-corrected chi connectivity index (χ4v) is 3.91. The van der Waals surface area contributed by atoms with Crippen LogP contribution in [0, 0.1) is 11.3 Å². The van der Waals surface area contributed by atoms with Crippen molar-refractivity contribution < 1.29 is 27.9 Å². The first-order valence-corrected chi connectivity index (χ1v) is 11.9. The first-order valence-electron chi connectivity index (χ1n) is 11.9. The molecule has 0 spiro atoms. The highest BCUT2D eigenvalue weighted by molar-refractivity contribution is 6.05. The maximum absolute atomic E-state index is 13.0. The van der Waals surface area contributed by atoms with Gasteiger partial charge in [0.25, 0.3) is 11.8 Å². The van der Waals surface area contributed by atoms with Gasteiger partial charge in [0.15, 0.2) is 5.82 Å². The molecule has 4 aromatic rings. The summed E-state index contributed by atoms with van der Waals surface area (Å²) in [7, 11) is 0. The number of carbonyl (C=O) groups excluding carboxylic acids is 2. The molecule has 2 amide bonds.